The number of furan rings is 1. The molecule has 69 heavy (non-hydrogen) atoms. The van der Waals surface area contributed by atoms with Gasteiger partial charge in [0, 0.05) is 38.2 Å². The number of fused-ring (bicyclic) bond motifs is 15. The molecule has 13 aromatic rings. The molecule has 1 aliphatic carbocycles. The highest BCUT2D eigenvalue weighted by Gasteiger charge is 2.51. The molecular formula is C65H39N3O. The monoisotopic (exact) mass is 877 g/mol. The van der Waals surface area contributed by atoms with Crippen molar-refractivity contribution in [2.24, 2.45) is 0 Å². The quantitative estimate of drug-likeness (QED) is 0.173. The van der Waals surface area contributed by atoms with Crippen LogP contribution in [0.2, 0.25) is 0 Å². The predicted octanol–water partition coefficient (Wildman–Crippen LogP) is 16.5. The zero-order valence-electron chi connectivity index (χ0n) is 37.3. The summed E-state index contributed by atoms with van der Waals surface area (Å²) in [6.07, 6.45) is 0. The largest absolute Gasteiger partial charge is 0.455 e. The first kappa shape index (κ1) is 38.0. The van der Waals surface area contributed by atoms with Crippen molar-refractivity contribution in [2.75, 3.05) is 0 Å². The molecule has 0 saturated heterocycles. The van der Waals surface area contributed by atoms with Crippen LogP contribution in [0.1, 0.15) is 22.3 Å². The van der Waals surface area contributed by atoms with Gasteiger partial charge in [0.2, 0.25) is 0 Å². The van der Waals surface area contributed by atoms with Gasteiger partial charge in [-0.2, -0.15) is 0 Å². The van der Waals surface area contributed by atoms with Crippen LogP contribution < -0.4 is 0 Å². The molecule has 1 spiro atoms. The summed E-state index contributed by atoms with van der Waals surface area (Å²) in [6, 6.07) is 85.5. The van der Waals surface area contributed by atoms with Gasteiger partial charge in [0.05, 0.1) is 33.5 Å². The number of rotatable bonds is 5. The van der Waals surface area contributed by atoms with E-state index in [0.717, 1.165) is 61.1 Å². The van der Waals surface area contributed by atoms with Crippen LogP contribution in [-0.4, -0.2) is 14.5 Å². The Bertz CT molecular complexity index is 4260. The summed E-state index contributed by atoms with van der Waals surface area (Å²) < 4.78 is 9.19. The Morgan fingerprint density at radius 3 is 1.80 bits per heavy atom. The molecule has 10 aromatic carbocycles. The Morgan fingerprint density at radius 2 is 0.928 bits per heavy atom. The van der Waals surface area contributed by atoms with Crippen LogP contribution in [0.5, 0.6) is 0 Å². The van der Waals surface area contributed by atoms with Crippen molar-refractivity contribution in [3.8, 4) is 73.0 Å². The molecular weight excluding hydrogens is 839 g/mol. The molecule has 0 amide bonds. The van der Waals surface area contributed by atoms with Crippen molar-refractivity contribution in [3.63, 3.8) is 0 Å². The van der Waals surface area contributed by atoms with Gasteiger partial charge < -0.3 is 8.98 Å². The molecule has 1 aliphatic heterocycles. The predicted molar refractivity (Wildman–Crippen MR) is 282 cm³/mol. The van der Waals surface area contributed by atoms with Crippen molar-refractivity contribution in [1.29, 1.82) is 0 Å². The molecule has 1 unspecified atom stereocenters. The van der Waals surface area contributed by atoms with E-state index in [9.17, 15) is 0 Å². The number of benzene rings is 10. The first-order valence-corrected chi connectivity index (χ1v) is 23.6. The van der Waals surface area contributed by atoms with E-state index in [1.54, 1.807) is 0 Å². The van der Waals surface area contributed by atoms with Gasteiger partial charge in [-0.15, -0.1) is 0 Å². The van der Waals surface area contributed by atoms with E-state index in [1.165, 1.54) is 72.0 Å². The van der Waals surface area contributed by atoms with Gasteiger partial charge in [-0.1, -0.05) is 200 Å². The second kappa shape index (κ2) is 14.4. The van der Waals surface area contributed by atoms with Gasteiger partial charge in [0.1, 0.15) is 11.2 Å². The van der Waals surface area contributed by atoms with Gasteiger partial charge >= 0.3 is 0 Å². The van der Waals surface area contributed by atoms with Crippen molar-refractivity contribution in [3.05, 3.63) is 259 Å². The zero-order chi connectivity index (χ0) is 45.2. The van der Waals surface area contributed by atoms with E-state index in [2.05, 4.69) is 229 Å². The van der Waals surface area contributed by atoms with E-state index in [4.69, 9.17) is 14.4 Å². The molecule has 0 radical (unpaired) electrons. The number of hydrogen-bond acceptors (Lipinski definition) is 3. The van der Waals surface area contributed by atoms with E-state index < -0.39 is 5.41 Å². The van der Waals surface area contributed by atoms with Crippen LogP contribution in [0, 0.1) is 0 Å². The second-order valence-electron chi connectivity index (χ2n) is 18.4. The summed E-state index contributed by atoms with van der Waals surface area (Å²) in [6.45, 7) is 0. The highest BCUT2D eigenvalue weighted by atomic mass is 16.3. The average molecular weight is 878 g/mol. The zero-order valence-corrected chi connectivity index (χ0v) is 37.3. The standard InChI is InChI=1S/C65H39N3O/c1-2-16-40(17-3-1)41-32-34-42(35-33-41)44-18-4-5-20-47(44)57-39-58(52-25-14-24-51-49-22-8-13-31-61(49)69-63(51)52)67-64(66-57)43-36-37-46-45-19-6-9-26-53(45)65(56(46)38-43)54-27-10-12-30-60(54)68-59-29-11-7-21-48(59)50-23-15-28-55(65)62(50)68/h1-39H. The second-order valence-corrected chi connectivity index (χ2v) is 18.4. The van der Waals surface area contributed by atoms with Crippen LogP contribution in [0.25, 0.3) is 117 Å². The van der Waals surface area contributed by atoms with Crippen molar-refractivity contribution in [1.82, 2.24) is 14.5 Å². The molecule has 0 N–H and O–H groups in total. The molecule has 4 nitrogen and oxygen atoms in total. The van der Waals surface area contributed by atoms with E-state index >= 15 is 0 Å². The van der Waals surface area contributed by atoms with Crippen LogP contribution >= 0.6 is 0 Å². The minimum absolute atomic E-state index is 0.610. The molecule has 15 rings (SSSR count). The molecule has 0 bridgehead atoms. The third-order valence-corrected chi connectivity index (χ3v) is 14.9. The minimum Gasteiger partial charge on any atom is -0.455 e. The fourth-order valence-electron chi connectivity index (χ4n) is 11.9. The number of aromatic nitrogens is 3. The SMILES string of the molecule is c1ccc(-c2ccc(-c3ccccc3-c3cc(-c4cccc5c4oc4ccccc45)nc(-c4ccc5c(c4)C4(c6ccccc6-5)c5ccccc5-n5c6ccccc6c6cccc4c65)n3)cc2)cc1. The molecule has 4 heteroatoms. The van der Waals surface area contributed by atoms with Gasteiger partial charge in [-0.3, -0.25) is 0 Å². The molecule has 3 aromatic heterocycles. The third-order valence-electron chi connectivity index (χ3n) is 14.9. The smallest absolute Gasteiger partial charge is 0.160 e. The van der Waals surface area contributed by atoms with Gasteiger partial charge in [-0.25, -0.2) is 9.97 Å². The highest BCUT2D eigenvalue weighted by molar-refractivity contribution is 6.13. The van der Waals surface area contributed by atoms with Crippen LogP contribution in [-0.2, 0) is 5.41 Å². The molecule has 0 fully saturated rings. The Balaban J connectivity index is 0.984. The molecule has 4 heterocycles. The lowest BCUT2D eigenvalue weighted by Gasteiger charge is -2.39. The normalized spacial score (nSPS) is 14.4. The van der Waals surface area contributed by atoms with E-state index in [-0.39, 0.29) is 0 Å². The maximum Gasteiger partial charge on any atom is 0.160 e. The first-order chi connectivity index (χ1) is 34.2. The minimum atomic E-state index is -0.610. The fraction of sp³-hybridized carbons (Fsp3) is 0.0154. The number of para-hydroxylation sites is 5. The van der Waals surface area contributed by atoms with Crippen molar-refractivity contribution in [2.45, 2.75) is 5.41 Å². The Hall–Kier alpha value is -9.12. The molecule has 1 atom stereocenters. The fourth-order valence-corrected chi connectivity index (χ4v) is 11.9. The lowest BCUT2D eigenvalue weighted by molar-refractivity contribution is 0.670. The van der Waals surface area contributed by atoms with E-state index in [0.29, 0.717) is 5.82 Å². The highest BCUT2D eigenvalue weighted by Crippen LogP contribution is 2.61. The molecule has 320 valence electrons. The van der Waals surface area contributed by atoms with Gasteiger partial charge in [0.15, 0.2) is 5.82 Å². The van der Waals surface area contributed by atoms with Crippen molar-refractivity contribution >= 4 is 43.7 Å². The van der Waals surface area contributed by atoms with Crippen molar-refractivity contribution < 1.29 is 4.42 Å². The molecule has 2 aliphatic rings. The summed E-state index contributed by atoms with van der Waals surface area (Å²) in [4.78, 5) is 11.1. The lowest BCUT2D eigenvalue weighted by atomic mass is 9.65. The van der Waals surface area contributed by atoms with Gasteiger partial charge in [0.25, 0.3) is 0 Å². The van der Waals surface area contributed by atoms with Crippen LogP contribution in [0.4, 0.5) is 0 Å². The maximum absolute atomic E-state index is 6.69. The summed E-state index contributed by atoms with van der Waals surface area (Å²) in [7, 11) is 0. The van der Waals surface area contributed by atoms with Crippen LogP contribution in [0.3, 0.4) is 0 Å². The average Bonchev–Trinajstić information content (AvgIpc) is 4.07. The maximum atomic E-state index is 6.69. The Labute approximate surface area is 398 Å². The number of hydrogen-bond donors (Lipinski definition) is 0. The summed E-state index contributed by atoms with van der Waals surface area (Å²) in [5, 5.41) is 4.65. The topological polar surface area (TPSA) is 43.9 Å². The first-order valence-electron chi connectivity index (χ1n) is 23.6. The van der Waals surface area contributed by atoms with Gasteiger partial charge in [-0.05, 0) is 92.0 Å². The summed E-state index contributed by atoms with van der Waals surface area (Å²) in [5.41, 5.74) is 21.3. The van der Waals surface area contributed by atoms with Crippen LogP contribution in [0.15, 0.2) is 241 Å². The number of nitrogens with zero attached hydrogens (tertiary/aromatic N) is 3. The summed E-state index contributed by atoms with van der Waals surface area (Å²) >= 11 is 0. The third kappa shape index (κ3) is 5.34. The lowest BCUT2D eigenvalue weighted by Crippen LogP contribution is -2.33. The molecule has 0 saturated carbocycles. The Kier molecular flexibility index (Phi) is 7.96. The Morgan fingerprint density at radius 1 is 0.348 bits per heavy atom. The summed E-state index contributed by atoms with van der Waals surface area (Å²) in [5.74, 6) is 0.648. The van der Waals surface area contributed by atoms with E-state index in [1.807, 2.05) is 12.1 Å².